The van der Waals surface area contributed by atoms with Gasteiger partial charge in [0.15, 0.2) is 0 Å². The minimum absolute atomic E-state index is 0.250. The second-order valence-corrected chi connectivity index (χ2v) is 10.4. The van der Waals surface area contributed by atoms with Gasteiger partial charge in [-0.3, -0.25) is 0 Å². The summed E-state index contributed by atoms with van der Waals surface area (Å²) in [5.41, 5.74) is 3.50. The quantitative estimate of drug-likeness (QED) is 0.612. The summed E-state index contributed by atoms with van der Waals surface area (Å²) in [7, 11) is 0. The van der Waals surface area contributed by atoms with E-state index in [9.17, 15) is 0 Å². The van der Waals surface area contributed by atoms with Crippen LogP contribution in [0.5, 0.6) is 0 Å². The maximum atomic E-state index is 2.39. The Hall–Kier alpha value is 0.109. The van der Waals surface area contributed by atoms with Crippen LogP contribution in [0.25, 0.3) is 0 Å². The molecule has 2 aliphatic rings. The summed E-state index contributed by atoms with van der Waals surface area (Å²) in [5.74, 6) is 1.19. The summed E-state index contributed by atoms with van der Waals surface area (Å²) in [6.45, 7) is 9.39. The van der Waals surface area contributed by atoms with Crippen LogP contribution in [0.4, 0.5) is 0 Å². The third-order valence-corrected chi connectivity index (χ3v) is 7.21. The number of hydrogen-bond donors (Lipinski definition) is 0. The molecule has 0 saturated heterocycles. The van der Waals surface area contributed by atoms with Crippen molar-refractivity contribution in [2.45, 2.75) is 51.7 Å². The van der Waals surface area contributed by atoms with Gasteiger partial charge in [0.05, 0.1) is 0 Å². The van der Waals surface area contributed by atoms with Crippen molar-refractivity contribution in [3.63, 3.8) is 0 Å². The normalized spacial score (nSPS) is 26.4. The van der Waals surface area contributed by atoms with Gasteiger partial charge in [-0.25, -0.2) is 0 Å². The molecule has 2 aliphatic carbocycles. The van der Waals surface area contributed by atoms with Gasteiger partial charge >= 0.3 is 142 Å². The Morgan fingerprint density at radius 2 is 2.05 bits per heavy atom. The summed E-state index contributed by atoms with van der Waals surface area (Å²) < 4.78 is 1.97. The molecule has 0 heterocycles. The van der Waals surface area contributed by atoms with Crippen LogP contribution < -0.4 is 0 Å². The van der Waals surface area contributed by atoms with Crippen molar-refractivity contribution in [1.29, 1.82) is 0 Å². The van der Waals surface area contributed by atoms with Gasteiger partial charge in [-0.2, -0.15) is 0 Å². The number of allylic oxidation sites excluding steroid dienone is 7. The number of hydrogen-bond acceptors (Lipinski definition) is 1. The van der Waals surface area contributed by atoms with E-state index in [0.717, 1.165) is 0 Å². The van der Waals surface area contributed by atoms with Crippen LogP contribution in [0.2, 0.25) is 0 Å². The van der Waals surface area contributed by atoms with Crippen molar-refractivity contribution in [3.8, 4) is 0 Å². The maximum absolute atomic E-state index is 2.39. The summed E-state index contributed by atoms with van der Waals surface area (Å²) >= 11 is 3.43. The molecule has 2 heteroatoms. The second kappa shape index (κ2) is 6.48. The number of rotatable bonds is 4. The molecule has 1 atom stereocenters. The molecule has 0 saturated carbocycles. The predicted molar refractivity (Wildman–Crippen MR) is 94.7 cm³/mol. The van der Waals surface area contributed by atoms with Gasteiger partial charge in [-0.05, 0) is 0 Å². The van der Waals surface area contributed by atoms with Gasteiger partial charge in [-0.15, -0.1) is 0 Å². The Balaban J connectivity index is 2.38. The second-order valence-electron chi connectivity index (χ2n) is 6.72. The molecule has 1 unspecified atom stereocenters. The molecule has 0 aromatic rings. The molecular formula is C18H26SSn. The van der Waals surface area contributed by atoms with Gasteiger partial charge in [0, 0.05) is 0 Å². The van der Waals surface area contributed by atoms with Crippen LogP contribution in [-0.4, -0.2) is 33.0 Å². The third kappa shape index (κ3) is 3.47. The van der Waals surface area contributed by atoms with Crippen molar-refractivity contribution in [2.75, 3.05) is 5.75 Å². The SMILES string of the molecule is CCSC1(CC2=[C]([SnH])CC=C2)CC=CC=C1C(C)(C)C. The van der Waals surface area contributed by atoms with E-state index in [-0.39, 0.29) is 10.2 Å². The molecule has 0 spiro atoms. The molecule has 0 nitrogen and oxygen atoms in total. The zero-order valence-corrected chi connectivity index (χ0v) is 17.3. The minimum atomic E-state index is 0.250. The molecule has 0 bridgehead atoms. The van der Waals surface area contributed by atoms with Crippen molar-refractivity contribution >= 4 is 34.3 Å². The average molecular weight is 393 g/mol. The summed E-state index contributed by atoms with van der Waals surface area (Å²) in [6.07, 6.45) is 15.3. The van der Waals surface area contributed by atoms with Crippen LogP contribution in [-0.2, 0) is 0 Å². The first-order valence-corrected chi connectivity index (χ1v) is 10.2. The Morgan fingerprint density at radius 3 is 2.60 bits per heavy atom. The first kappa shape index (κ1) is 16.5. The monoisotopic (exact) mass is 394 g/mol. The van der Waals surface area contributed by atoms with Crippen molar-refractivity contribution in [3.05, 3.63) is 45.1 Å². The van der Waals surface area contributed by atoms with E-state index in [4.69, 9.17) is 0 Å². The molecule has 108 valence electrons. The number of thioether (sulfide) groups is 1. The molecular weight excluding hydrogens is 367 g/mol. The van der Waals surface area contributed by atoms with E-state index in [0.29, 0.717) is 0 Å². The molecule has 0 aromatic heterocycles. The van der Waals surface area contributed by atoms with E-state index in [1.807, 2.05) is 0 Å². The molecule has 0 fully saturated rings. The first-order chi connectivity index (χ1) is 9.39. The zero-order valence-electron chi connectivity index (χ0n) is 13.2. The molecule has 0 N–H and O–H groups in total. The molecule has 2 rings (SSSR count). The van der Waals surface area contributed by atoms with Gasteiger partial charge in [0.2, 0.25) is 0 Å². The van der Waals surface area contributed by atoms with Crippen LogP contribution in [0.15, 0.2) is 45.1 Å². The van der Waals surface area contributed by atoms with Crippen LogP contribution in [0.1, 0.15) is 47.0 Å². The van der Waals surface area contributed by atoms with Crippen LogP contribution >= 0.6 is 11.8 Å². The molecule has 0 amide bonds. The standard InChI is InChI=1S/C18H25S.Sn.H/c1-5-19-18(14-15-10-6-7-11-15)13-9-8-12-16(18)17(2,3)4;;/h6,8-10,12H,5,7,13-14H2,1-4H3;;. The zero-order chi connectivity index (χ0) is 14.8. The van der Waals surface area contributed by atoms with E-state index in [2.05, 4.69) is 69.8 Å². The Kier molecular flexibility index (Phi) is 5.34. The summed E-state index contributed by atoms with van der Waals surface area (Å²) in [6, 6.07) is 0. The Morgan fingerprint density at radius 1 is 1.30 bits per heavy atom. The van der Waals surface area contributed by atoms with Gasteiger partial charge in [-0.1, -0.05) is 0 Å². The van der Waals surface area contributed by atoms with Gasteiger partial charge in [0.1, 0.15) is 0 Å². The van der Waals surface area contributed by atoms with Crippen LogP contribution in [0, 0.1) is 5.41 Å². The fourth-order valence-corrected chi connectivity index (χ4v) is 5.80. The van der Waals surface area contributed by atoms with Crippen molar-refractivity contribution in [1.82, 2.24) is 0 Å². The topological polar surface area (TPSA) is 0 Å². The fraction of sp³-hybridized carbons (Fsp3) is 0.556. The average Bonchev–Trinajstić information content (AvgIpc) is 2.74. The third-order valence-electron chi connectivity index (χ3n) is 4.11. The van der Waals surface area contributed by atoms with E-state index >= 15 is 0 Å². The molecule has 0 aliphatic heterocycles. The van der Waals surface area contributed by atoms with Crippen molar-refractivity contribution < 1.29 is 0 Å². The predicted octanol–water partition coefficient (Wildman–Crippen LogP) is 4.92. The van der Waals surface area contributed by atoms with Crippen molar-refractivity contribution in [2.24, 2.45) is 5.41 Å². The van der Waals surface area contributed by atoms with Gasteiger partial charge in [0.25, 0.3) is 0 Å². The van der Waals surface area contributed by atoms with E-state index in [1.54, 1.807) is 14.7 Å². The fourth-order valence-electron chi connectivity index (χ4n) is 3.30. The summed E-state index contributed by atoms with van der Waals surface area (Å²) in [4.78, 5) is 0. The molecule has 0 aromatic carbocycles. The first-order valence-electron chi connectivity index (χ1n) is 7.55. The van der Waals surface area contributed by atoms with Gasteiger partial charge < -0.3 is 0 Å². The molecule has 20 heavy (non-hydrogen) atoms. The van der Waals surface area contributed by atoms with E-state index < -0.39 is 0 Å². The van der Waals surface area contributed by atoms with E-state index in [1.165, 1.54) is 47.5 Å². The Bertz CT molecular complexity index is 488. The Labute approximate surface area is 142 Å². The summed E-state index contributed by atoms with van der Waals surface area (Å²) in [5, 5.41) is 0. The molecule has 2 radical (unpaired) electrons. The van der Waals surface area contributed by atoms with Crippen LogP contribution in [0.3, 0.4) is 0 Å².